The van der Waals surface area contributed by atoms with Gasteiger partial charge in [-0.3, -0.25) is 0 Å². The maximum atomic E-state index is 2.40. The Labute approximate surface area is 201 Å². The summed E-state index contributed by atoms with van der Waals surface area (Å²) in [5.74, 6) is 0. The first-order valence-electron chi connectivity index (χ1n) is 13.1. The first-order valence-corrected chi connectivity index (χ1v) is 13.1. The molecular weight excluding hydrogens is 384 g/mol. The van der Waals surface area contributed by atoms with Gasteiger partial charge in [-0.1, -0.05) is 144 Å². The predicted octanol–water partition coefficient (Wildman–Crippen LogP) is 11.3. The highest BCUT2D eigenvalue weighted by molar-refractivity contribution is 6.03. The number of hydrogen-bond donors (Lipinski definition) is 0. The lowest BCUT2D eigenvalue weighted by Gasteiger charge is -2.22. The Morgan fingerprint density at radius 3 is 1.59 bits per heavy atom. The average Bonchev–Trinajstić information content (AvgIpc) is 3.06. The summed E-state index contributed by atoms with van der Waals surface area (Å²) in [6.45, 7) is 29.4. The van der Waals surface area contributed by atoms with Crippen LogP contribution >= 0.6 is 0 Å². The Balaban J connectivity index is 0. The van der Waals surface area contributed by atoms with E-state index in [0.717, 1.165) is 0 Å². The summed E-state index contributed by atoms with van der Waals surface area (Å²) in [4.78, 5) is 0. The third-order valence-electron chi connectivity index (χ3n) is 5.04. The maximum absolute atomic E-state index is 2.40. The van der Waals surface area contributed by atoms with Gasteiger partial charge in [0, 0.05) is 5.41 Å². The molecule has 0 fully saturated rings. The standard InChI is InChI=1S/C21H20.C3H8.4C2H6/c1-13-9-10-17-18(11-13)21(3,4)19-12-14(2)15-7-5-6-8-16(15)20(17)19;1-3-2;4*1-2/h5-12H,1-4H3;3H2,1-2H3;4*1-2H3. The molecule has 0 N–H and O–H groups in total. The molecule has 0 amide bonds. The molecule has 0 atom stereocenters. The van der Waals surface area contributed by atoms with Gasteiger partial charge in [0.25, 0.3) is 0 Å². The van der Waals surface area contributed by atoms with Gasteiger partial charge in [0.15, 0.2) is 0 Å². The fourth-order valence-electron chi connectivity index (χ4n) is 3.88. The van der Waals surface area contributed by atoms with Crippen molar-refractivity contribution in [3.8, 4) is 11.1 Å². The second-order valence-corrected chi connectivity index (χ2v) is 7.54. The lowest BCUT2D eigenvalue weighted by molar-refractivity contribution is 0.659. The molecule has 3 aromatic carbocycles. The van der Waals surface area contributed by atoms with Gasteiger partial charge < -0.3 is 0 Å². The number of aryl methyl sites for hydroxylation is 2. The fourth-order valence-corrected chi connectivity index (χ4v) is 3.88. The third-order valence-corrected chi connectivity index (χ3v) is 5.04. The molecule has 0 heterocycles. The number of rotatable bonds is 0. The highest BCUT2D eigenvalue weighted by Gasteiger charge is 2.36. The molecule has 1 aliphatic rings. The minimum atomic E-state index is 0.0888. The van der Waals surface area contributed by atoms with Crippen LogP contribution in [0, 0.1) is 13.8 Å². The van der Waals surface area contributed by atoms with Crippen LogP contribution in [0.5, 0.6) is 0 Å². The van der Waals surface area contributed by atoms with E-state index in [2.05, 4.69) is 90.1 Å². The molecule has 3 aromatic rings. The van der Waals surface area contributed by atoms with E-state index in [1.165, 1.54) is 50.6 Å². The van der Waals surface area contributed by atoms with Crippen molar-refractivity contribution in [1.29, 1.82) is 0 Å². The molecule has 0 unspecified atom stereocenters. The lowest BCUT2D eigenvalue weighted by Crippen LogP contribution is -2.15. The molecule has 32 heavy (non-hydrogen) atoms. The minimum Gasteiger partial charge on any atom is -0.0683 e. The normalized spacial score (nSPS) is 11.2. The molecule has 0 spiro atoms. The monoisotopic (exact) mass is 436 g/mol. The number of hydrogen-bond acceptors (Lipinski definition) is 0. The van der Waals surface area contributed by atoms with E-state index in [1.807, 2.05) is 55.4 Å². The largest absolute Gasteiger partial charge is 0.0683 e. The van der Waals surface area contributed by atoms with Gasteiger partial charge in [-0.2, -0.15) is 0 Å². The molecule has 180 valence electrons. The molecule has 1 aliphatic carbocycles. The minimum absolute atomic E-state index is 0.0888. The molecule has 4 rings (SSSR count). The van der Waals surface area contributed by atoms with Gasteiger partial charge in [-0.05, 0) is 52.4 Å². The molecule has 0 heteroatoms. The summed E-state index contributed by atoms with van der Waals surface area (Å²) in [5, 5.41) is 2.77. The molecule has 0 radical (unpaired) electrons. The Hall–Kier alpha value is -2.08. The van der Waals surface area contributed by atoms with Crippen molar-refractivity contribution in [3.05, 3.63) is 70.8 Å². The van der Waals surface area contributed by atoms with Crippen LogP contribution in [0.4, 0.5) is 0 Å². The second-order valence-electron chi connectivity index (χ2n) is 7.54. The topological polar surface area (TPSA) is 0 Å². The van der Waals surface area contributed by atoms with Gasteiger partial charge in [-0.15, -0.1) is 0 Å². The zero-order valence-corrected chi connectivity index (χ0v) is 23.8. The summed E-state index contributed by atoms with van der Waals surface area (Å²) in [5.41, 5.74) is 8.60. The van der Waals surface area contributed by atoms with Crippen molar-refractivity contribution in [2.75, 3.05) is 0 Å². The molecule has 0 aliphatic heterocycles. The van der Waals surface area contributed by atoms with Crippen molar-refractivity contribution < 1.29 is 0 Å². The number of benzene rings is 3. The Morgan fingerprint density at radius 1 is 0.625 bits per heavy atom. The van der Waals surface area contributed by atoms with E-state index < -0.39 is 0 Å². The zero-order valence-electron chi connectivity index (χ0n) is 23.8. The maximum Gasteiger partial charge on any atom is 0.0159 e. The summed E-state index contributed by atoms with van der Waals surface area (Å²) in [6.07, 6.45) is 1.25. The van der Waals surface area contributed by atoms with E-state index in [9.17, 15) is 0 Å². The SMILES string of the molecule is CC.CC.CC.CC.CCC.Cc1ccc2c(c1)C(C)(C)c1cc(C)c3ccccc3c1-2. The van der Waals surface area contributed by atoms with Crippen molar-refractivity contribution in [3.63, 3.8) is 0 Å². The van der Waals surface area contributed by atoms with E-state index >= 15 is 0 Å². The van der Waals surface area contributed by atoms with Crippen molar-refractivity contribution in [2.45, 2.75) is 109 Å². The number of fused-ring (bicyclic) bond motifs is 5. The third kappa shape index (κ3) is 6.96. The predicted molar refractivity (Wildman–Crippen MR) is 152 cm³/mol. The van der Waals surface area contributed by atoms with Crippen molar-refractivity contribution >= 4 is 10.8 Å². The van der Waals surface area contributed by atoms with Crippen molar-refractivity contribution in [1.82, 2.24) is 0 Å². The molecule has 0 nitrogen and oxygen atoms in total. The summed E-state index contributed by atoms with van der Waals surface area (Å²) < 4.78 is 0. The Bertz CT molecular complexity index is 897. The van der Waals surface area contributed by atoms with Gasteiger partial charge in [-0.25, -0.2) is 0 Å². The molecule has 0 saturated heterocycles. The first-order chi connectivity index (χ1) is 15.4. The van der Waals surface area contributed by atoms with Gasteiger partial charge in [0.1, 0.15) is 0 Å². The van der Waals surface area contributed by atoms with Crippen LogP contribution in [-0.4, -0.2) is 0 Å². The van der Waals surface area contributed by atoms with Crippen LogP contribution in [0.1, 0.15) is 112 Å². The molecule has 0 saturated carbocycles. The second kappa shape index (κ2) is 16.5. The van der Waals surface area contributed by atoms with Crippen LogP contribution in [0.2, 0.25) is 0 Å². The van der Waals surface area contributed by atoms with E-state index in [-0.39, 0.29) is 5.41 Å². The highest BCUT2D eigenvalue weighted by atomic mass is 14.4. The summed E-state index contributed by atoms with van der Waals surface area (Å²) >= 11 is 0. The van der Waals surface area contributed by atoms with Crippen LogP contribution in [0.3, 0.4) is 0 Å². The van der Waals surface area contributed by atoms with Gasteiger partial charge in [0.2, 0.25) is 0 Å². The Morgan fingerprint density at radius 2 is 1.09 bits per heavy atom. The average molecular weight is 437 g/mol. The van der Waals surface area contributed by atoms with Crippen LogP contribution in [0.15, 0.2) is 48.5 Å². The van der Waals surface area contributed by atoms with E-state index in [1.54, 1.807) is 0 Å². The lowest BCUT2D eigenvalue weighted by atomic mass is 9.81. The van der Waals surface area contributed by atoms with Crippen LogP contribution in [0.25, 0.3) is 21.9 Å². The summed E-state index contributed by atoms with van der Waals surface area (Å²) in [6, 6.07) is 18.1. The van der Waals surface area contributed by atoms with Gasteiger partial charge in [0.05, 0.1) is 0 Å². The van der Waals surface area contributed by atoms with E-state index in [0.29, 0.717) is 0 Å². The quantitative estimate of drug-likeness (QED) is 0.328. The zero-order chi connectivity index (χ0) is 25.5. The van der Waals surface area contributed by atoms with Crippen molar-refractivity contribution in [2.24, 2.45) is 0 Å². The fraction of sp³-hybridized carbons (Fsp3) is 0.500. The van der Waals surface area contributed by atoms with Crippen LogP contribution in [-0.2, 0) is 5.41 Å². The molecule has 0 bridgehead atoms. The summed E-state index contributed by atoms with van der Waals surface area (Å²) in [7, 11) is 0. The first kappa shape index (κ1) is 32.1. The highest BCUT2D eigenvalue weighted by Crippen LogP contribution is 2.51. The smallest absolute Gasteiger partial charge is 0.0159 e. The van der Waals surface area contributed by atoms with E-state index in [4.69, 9.17) is 0 Å². The Kier molecular flexibility index (Phi) is 16.6. The molecule has 0 aromatic heterocycles. The molecular formula is C32H52. The van der Waals surface area contributed by atoms with Gasteiger partial charge >= 0.3 is 0 Å². The van der Waals surface area contributed by atoms with Crippen LogP contribution < -0.4 is 0 Å².